The van der Waals surface area contributed by atoms with E-state index >= 15 is 0 Å². The minimum atomic E-state index is -2.55. The third kappa shape index (κ3) is 3.31. The van der Waals surface area contributed by atoms with Crippen LogP contribution in [0, 0.1) is 0 Å². The molecule has 1 N–H and O–H groups in total. The molecule has 0 aliphatic carbocycles. The molecular weight excluding hydrogens is 263 g/mol. The zero-order chi connectivity index (χ0) is 9.61. The van der Waals surface area contributed by atoms with Crippen molar-refractivity contribution in [2.24, 2.45) is 0 Å². The second kappa shape index (κ2) is 5.80. The molecule has 0 atom stereocenters. The molecule has 0 amide bonds. The fourth-order valence-electron chi connectivity index (χ4n) is 1.24. The molecule has 4 heteroatoms. The molecule has 0 aromatic heterocycles. The third-order valence-electron chi connectivity index (χ3n) is 2.39. The van der Waals surface area contributed by atoms with E-state index in [1.807, 2.05) is 0 Å². The first-order valence-electron chi connectivity index (χ1n) is 4.46. The Morgan fingerprint density at radius 3 is 1.92 bits per heavy atom. The van der Waals surface area contributed by atoms with Crippen LogP contribution in [0.3, 0.4) is 0 Å². The molecule has 0 fully saturated rings. The molecular formula is C8H18O3Sn. The number of carbonyl (C=O) groups is 1. The third-order valence-corrected chi connectivity index (χ3v) is 15.3. The summed E-state index contributed by atoms with van der Waals surface area (Å²) in [6.45, 7) is 5.76. The Morgan fingerprint density at radius 2 is 1.67 bits per heavy atom. The average Bonchev–Trinajstić information content (AvgIpc) is 2.14. The molecule has 0 aromatic carbocycles. The maximum atomic E-state index is 10.9. The van der Waals surface area contributed by atoms with Gasteiger partial charge in [0.05, 0.1) is 0 Å². The topological polar surface area (TPSA) is 46.5 Å². The van der Waals surface area contributed by atoms with Gasteiger partial charge in [-0.3, -0.25) is 0 Å². The summed E-state index contributed by atoms with van der Waals surface area (Å²) in [4.78, 5) is 10.9. The number of hydrogen-bond acceptors (Lipinski definition) is 3. The fourth-order valence-corrected chi connectivity index (χ4v) is 8.32. The molecule has 72 valence electrons. The molecule has 0 heterocycles. The molecule has 0 unspecified atom stereocenters. The van der Waals surface area contributed by atoms with Gasteiger partial charge in [-0.2, -0.15) is 0 Å². The van der Waals surface area contributed by atoms with Gasteiger partial charge in [0.25, 0.3) is 0 Å². The van der Waals surface area contributed by atoms with Gasteiger partial charge in [0.1, 0.15) is 0 Å². The van der Waals surface area contributed by atoms with Crippen LogP contribution in [0.25, 0.3) is 0 Å². The average molecular weight is 281 g/mol. The summed E-state index contributed by atoms with van der Waals surface area (Å²) in [5.74, 6) is -0.434. The van der Waals surface area contributed by atoms with Crippen LogP contribution in [-0.2, 0) is 7.87 Å². The minimum absolute atomic E-state index is 0.434. The molecule has 0 bridgehead atoms. The molecule has 12 heavy (non-hydrogen) atoms. The molecule has 0 saturated carbocycles. The summed E-state index contributed by atoms with van der Waals surface area (Å²) in [6, 6.07) is 0. The van der Waals surface area contributed by atoms with E-state index in [9.17, 15) is 4.79 Å². The fraction of sp³-hybridized carbons (Fsp3) is 0.875. The van der Waals surface area contributed by atoms with Crippen molar-refractivity contribution < 1.29 is 13.0 Å². The maximum absolute atomic E-state index is 10.9. The van der Waals surface area contributed by atoms with Gasteiger partial charge in [-0.05, 0) is 0 Å². The van der Waals surface area contributed by atoms with E-state index in [1.165, 1.54) is 0 Å². The first-order valence-corrected chi connectivity index (χ1v) is 11.7. The molecule has 0 aliphatic heterocycles. The first-order chi connectivity index (χ1) is 5.64. The molecule has 0 aliphatic rings. The van der Waals surface area contributed by atoms with E-state index < -0.39 is 31.4 Å². The van der Waals surface area contributed by atoms with Crippen LogP contribution in [0.5, 0.6) is 0 Å². The molecule has 0 rings (SSSR count). The Kier molecular flexibility index (Phi) is 5.91. The van der Waals surface area contributed by atoms with Crippen molar-refractivity contribution in [1.82, 2.24) is 0 Å². The van der Waals surface area contributed by atoms with Gasteiger partial charge < -0.3 is 0 Å². The predicted octanol–water partition coefficient (Wildman–Crippen LogP) is 1.53. The van der Waals surface area contributed by atoms with Gasteiger partial charge >= 0.3 is 78.4 Å². The summed E-state index contributed by atoms with van der Waals surface area (Å²) < 4.78 is 8.38. The van der Waals surface area contributed by atoms with Crippen LogP contribution >= 0.6 is 0 Å². The van der Waals surface area contributed by atoms with Crippen LogP contribution in [0.1, 0.15) is 20.8 Å². The SMILES string of the molecule is C[CH2][Sn]([CH2]C)([CH2]C)[O]C(=O)CO. The van der Waals surface area contributed by atoms with Crippen LogP contribution < -0.4 is 0 Å². The van der Waals surface area contributed by atoms with Crippen LogP contribution in [-0.4, -0.2) is 36.5 Å². The number of hydrogen-bond donors (Lipinski definition) is 1. The summed E-state index contributed by atoms with van der Waals surface area (Å²) in [7, 11) is 0. The van der Waals surface area contributed by atoms with Gasteiger partial charge in [0.2, 0.25) is 0 Å². The zero-order valence-corrected chi connectivity index (χ0v) is 10.9. The van der Waals surface area contributed by atoms with E-state index in [0.29, 0.717) is 0 Å². The molecule has 0 radical (unpaired) electrons. The second-order valence-corrected chi connectivity index (χ2v) is 16.3. The monoisotopic (exact) mass is 282 g/mol. The van der Waals surface area contributed by atoms with Gasteiger partial charge in [-0.1, -0.05) is 0 Å². The van der Waals surface area contributed by atoms with Crippen LogP contribution in [0.2, 0.25) is 13.3 Å². The summed E-state index contributed by atoms with van der Waals surface area (Å²) in [6.07, 6.45) is 0. The molecule has 0 spiro atoms. The zero-order valence-electron chi connectivity index (χ0n) is 8.09. The van der Waals surface area contributed by atoms with E-state index in [2.05, 4.69) is 20.8 Å². The number of aliphatic hydroxyl groups excluding tert-OH is 1. The first kappa shape index (κ1) is 12.2. The van der Waals surface area contributed by atoms with Crippen molar-refractivity contribution in [2.45, 2.75) is 34.1 Å². The van der Waals surface area contributed by atoms with Crippen LogP contribution in [0.15, 0.2) is 0 Å². The van der Waals surface area contributed by atoms with Gasteiger partial charge in [0.15, 0.2) is 0 Å². The summed E-state index contributed by atoms with van der Waals surface area (Å²) >= 11 is -2.55. The Labute approximate surface area is 78.5 Å². The number of carbonyl (C=O) groups excluding carboxylic acids is 1. The van der Waals surface area contributed by atoms with Gasteiger partial charge in [0, 0.05) is 0 Å². The molecule has 3 nitrogen and oxygen atoms in total. The van der Waals surface area contributed by atoms with Crippen molar-refractivity contribution in [2.75, 3.05) is 6.61 Å². The van der Waals surface area contributed by atoms with Crippen molar-refractivity contribution in [3.8, 4) is 0 Å². The number of rotatable bonds is 5. The standard InChI is InChI=1S/C2H4O3.3C2H5.Sn/c3-1-2(4)5;3*1-2;/h3H,1H2,(H,4,5);3*1H2,2H3;/q;;;;+1/p-1. The molecule has 0 aromatic rings. The Balaban J connectivity index is 4.19. The van der Waals surface area contributed by atoms with E-state index in [0.717, 1.165) is 13.3 Å². The van der Waals surface area contributed by atoms with E-state index in [1.54, 1.807) is 0 Å². The van der Waals surface area contributed by atoms with Gasteiger partial charge in [-0.15, -0.1) is 0 Å². The quantitative estimate of drug-likeness (QED) is 0.777. The summed E-state index contributed by atoms with van der Waals surface area (Å²) in [5.41, 5.74) is 0. The molecule has 0 saturated heterocycles. The number of aliphatic hydroxyl groups is 1. The summed E-state index contributed by atoms with van der Waals surface area (Å²) in [5, 5.41) is 8.54. The van der Waals surface area contributed by atoms with Crippen molar-refractivity contribution in [3.63, 3.8) is 0 Å². The van der Waals surface area contributed by atoms with Crippen molar-refractivity contribution in [1.29, 1.82) is 0 Å². The van der Waals surface area contributed by atoms with E-state index in [4.69, 9.17) is 8.18 Å². The predicted molar refractivity (Wildman–Crippen MR) is 50.4 cm³/mol. The van der Waals surface area contributed by atoms with Crippen LogP contribution in [0.4, 0.5) is 0 Å². The Morgan fingerprint density at radius 1 is 1.25 bits per heavy atom. The van der Waals surface area contributed by atoms with Crippen molar-refractivity contribution >= 4 is 24.8 Å². The van der Waals surface area contributed by atoms with Crippen molar-refractivity contribution in [3.05, 3.63) is 0 Å². The van der Waals surface area contributed by atoms with Gasteiger partial charge in [-0.25, -0.2) is 0 Å². The normalized spacial score (nSPS) is 11.3. The van der Waals surface area contributed by atoms with E-state index in [-0.39, 0.29) is 0 Å². The Hall–Kier alpha value is 0.229. The second-order valence-electron chi connectivity index (χ2n) is 2.88. The Bertz CT molecular complexity index is 135.